The third kappa shape index (κ3) is 3.87. The monoisotopic (exact) mass is 440 g/mol. The zero-order chi connectivity index (χ0) is 22.8. The van der Waals surface area contributed by atoms with E-state index in [-0.39, 0.29) is 11.9 Å². The van der Waals surface area contributed by atoms with Crippen molar-refractivity contribution >= 4 is 22.9 Å². The average Bonchev–Trinajstić information content (AvgIpc) is 3.51. The minimum absolute atomic E-state index is 0.164. The fourth-order valence-corrected chi connectivity index (χ4v) is 3.54. The lowest BCUT2D eigenvalue weighted by molar-refractivity contribution is 0.102. The number of methoxy groups -OCH3 is 2. The van der Waals surface area contributed by atoms with E-state index in [9.17, 15) is 4.79 Å². The Kier molecular flexibility index (Phi) is 5.19. The molecule has 5 aromatic rings. The zero-order valence-corrected chi connectivity index (χ0v) is 17.9. The number of H-pyrrole nitrogens is 1. The topological polar surface area (TPSA) is 107 Å². The highest BCUT2D eigenvalue weighted by Crippen LogP contribution is 2.31. The van der Waals surface area contributed by atoms with Crippen LogP contribution in [0.25, 0.3) is 28.1 Å². The quantitative estimate of drug-likeness (QED) is 0.412. The van der Waals surface area contributed by atoms with E-state index in [0.29, 0.717) is 28.5 Å². The fraction of sp³-hybridized carbons (Fsp3) is 0.0833. The van der Waals surface area contributed by atoms with Crippen LogP contribution in [0.1, 0.15) is 10.4 Å². The molecule has 0 aliphatic rings. The van der Waals surface area contributed by atoms with Crippen LogP contribution in [-0.4, -0.2) is 44.9 Å². The Balaban J connectivity index is 1.33. The number of rotatable bonds is 6. The largest absolute Gasteiger partial charge is 0.497 e. The van der Waals surface area contributed by atoms with Crippen molar-refractivity contribution in [3.05, 3.63) is 78.6 Å². The molecule has 5 rings (SSSR count). The number of aromatic nitrogens is 5. The maximum Gasteiger partial charge on any atom is 0.258 e. The standard InChI is InChI=1S/C24H20N6O3/c1-32-17-11-12-18(21(13-17)33-2)22-26-24(29-28-22)27-23(31)15-7-9-16(10-8-15)30-14-25-19-5-3-4-6-20(19)30/h3-14H,1-2H3,(H2,26,27,28,29,31). The van der Waals surface area contributed by atoms with Crippen LogP contribution in [-0.2, 0) is 0 Å². The molecule has 0 unspecified atom stereocenters. The highest BCUT2D eigenvalue weighted by Gasteiger charge is 2.15. The van der Waals surface area contributed by atoms with E-state index in [2.05, 4.69) is 25.5 Å². The molecule has 164 valence electrons. The Morgan fingerprint density at radius 1 is 1.00 bits per heavy atom. The van der Waals surface area contributed by atoms with E-state index < -0.39 is 0 Å². The van der Waals surface area contributed by atoms with Gasteiger partial charge >= 0.3 is 0 Å². The summed E-state index contributed by atoms with van der Waals surface area (Å²) in [7, 11) is 3.15. The number of amides is 1. The van der Waals surface area contributed by atoms with Crippen molar-refractivity contribution < 1.29 is 14.3 Å². The predicted molar refractivity (Wildman–Crippen MR) is 124 cm³/mol. The van der Waals surface area contributed by atoms with Crippen LogP contribution in [0.5, 0.6) is 11.5 Å². The van der Waals surface area contributed by atoms with Crippen molar-refractivity contribution in [1.29, 1.82) is 0 Å². The van der Waals surface area contributed by atoms with E-state index in [4.69, 9.17) is 9.47 Å². The number of nitrogens with one attached hydrogen (secondary N) is 2. The zero-order valence-electron chi connectivity index (χ0n) is 17.9. The number of anilines is 1. The number of hydrogen-bond acceptors (Lipinski definition) is 6. The molecule has 2 N–H and O–H groups in total. The molecule has 0 saturated carbocycles. The maximum atomic E-state index is 12.7. The molecule has 0 bridgehead atoms. The molecule has 0 saturated heterocycles. The second-order valence-corrected chi connectivity index (χ2v) is 7.18. The van der Waals surface area contributed by atoms with Crippen LogP contribution in [0.15, 0.2) is 73.1 Å². The molecule has 2 aromatic heterocycles. The van der Waals surface area contributed by atoms with E-state index in [1.165, 1.54) is 0 Å². The Hall–Kier alpha value is -4.66. The van der Waals surface area contributed by atoms with Crippen LogP contribution in [0, 0.1) is 0 Å². The third-order valence-corrected chi connectivity index (χ3v) is 5.24. The molecular formula is C24H20N6O3. The van der Waals surface area contributed by atoms with Gasteiger partial charge in [0.1, 0.15) is 17.8 Å². The number of aromatic amines is 1. The summed E-state index contributed by atoms with van der Waals surface area (Å²) in [4.78, 5) is 21.5. The first-order chi connectivity index (χ1) is 16.2. The van der Waals surface area contributed by atoms with Gasteiger partial charge in [-0.25, -0.2) is 4.98 Å². The van der Waals surface area contributed by atoms with Gasteiger partial charge in [-0.2, -0.15) is 4.98 Å². The molecule has 9 nitrogen and oxygen atoms in total. The number of nitrogens with zero attached hydrogens (tertiary/aromatic N) is 4. The molecule has 3 aromatic carbocycles. The third-order valence-electron chi connectivity index (χ3n) is 5.24. The van der Waals surface area contributed by atoms with Gasteiger partial charge in [0.15, 0.2) is 5.82 Å². The summed E-state index contributed by atoms with van der Waals surface area (Å²) in [6.45, 7) is 0. The van der Waals surface area contributed by atoms with E-state index in [1.54, 1.807) is 44.8 Å². The summed E-state index contributed by atoms with van der Waals surface area (Å²) >= 11 is 0. The van der Waals surface area contributed by atoms with Crippen molar-refractivity contribution in [3.8, 4) is 28.6 Å². The average molecular weight is 440 g/mol. The van der Waals surface area contributed by atoms with Crippen molar-refractivity contribution in [1.82, 2.24) is 24.7 Å². The van der Waals surface area contributed by atoms with Crippen LogP contribution in [0.2, 0.25) is 0 Å². The summed E-state index contributed by atoms with van der Waals surface area (Å²) in [5.41, 5.74) is 4.00. The summed E-state index contributed by atoms with van der Waals surface area (Å²) in [5.74, 6) is 1.55. The summed E-state index contributed by atoms with van der Waals surface area (Å²) < 4.78 is 12.6. The lowest BCUT2D eigenvalue weighted by Gasteiger charge is -2.08. The first-order valence-electron chi connectivity index (χ1n) is 10.1. The molecule has 0 fully saturated rings. The molecule has 1 amide bonds. The Morgan fingerprint density at radius 3 is 2.61 bits per heavy atom. The summed E-state index contributed by atoms with van der Waals surface area (Å²) in [5, 5.41) is 9.65. The SMILES string of the molecule is COc1ccc(-c2nc(NC(=O)c3ccc(-n4cnc5ccccc54)cc3)n[nH]2)c(OC)c1. The van der Waals surface area contributed by atoms with Gasteiger partial charge in [-0.15, -0.1) is 5.10 Å². The second-order valence-electron chi connectivity index (χ2n) is 7.18. The summed E-state index contributed by atoms with van der Waals surface area (Å²) in [6, 6.07) is 20.5. The molecule has 0 atom stereocenters. The van der Waals surface area contributed by atoms with Crippen molar-refractivity contribution in [2.45, 2.75) is 0 Å². The Bertz CT molecular complexity index is 1440. The molecular weight excluding hydrogens is 420 g/mol. The van der Waals surface area contributed by atoms with Gasteiger partial charge in [0.2, 0.25) is 5.95 Å². The van der Waals surface area contributed by atoms with Crippen LogP contribution >= 0.6 is 0 Å². The number of benzene rings is 3. The van der Waals surface area contributed by atoms with Gasteiger partial charge in [-0.05, 0) is 48.5 Å². The smallest absolute Gasteiger partial charge is 0.258 e. The van der Waals surface area contributed by atoms with Crippen molar-refractivity contribution in [3.63, 3.8) is 0 Å². The van der Waals surface area contributed by atoms with Crippen LogP contribution < -0.4 is 14.8 Å². The van der Waals surface area contributed by atoms with E-state index in [1.807, 2.05) is 47.0 Å². The molecule has 0 spiro atoms. The number of carbonyl (C=O) groups excluding carboxylic acids is 1. The summed E-state index contributed by atoms with van der Waals surface area (Å²) in [6.07, 6.45) is 1.77. The highest BCUT2D eigenvalue weighted by atomic mass is 16.5. The van der Waals surface area contributed by atoms with Gasteiger partial charge in [0.05, 0.1) is 30.8 Å². The van der Waals surface area contributed by atoms with Crippen molar-refractivity contribution in [2.24, 2.45) is 0 Å². The number of hydrogen-bond donors (Lipinski definition) is 2. The molecule has 0 aliphatic heterocycles. The molecule has 33 heavy (non-hydrogen) atoms. The minimum Gasteiger partial charge on any atom is -0.497 e. The lowest BCUT2D eigenvalue weighted by atomic mass is 10.2. The Labute approximate surface area is 189 Å². The van der Waals surface area contributed by atoms with E-state index >= 15 is 0 Å². The first kappa shape index (κ1) is 20.3. The second kappa shape index (κ2) is 8.46. The minimum atomic E-state index is -0.315. The lowest BCUT2D eigenvalue weighted by Crippen LogP contribution is -2.13. The van der Waals surface area contributed by atoms with E-state index in [0.717, 1.165) is 16.7 Å². The Morgan fingerprint density at radius 2 is 1.82 bits per heavy atom. The van der Waals surface area contributed by atoms with Gasteiger partial charge in [0.25, 0.3) is 5.91 Å². The predicted octanol–water partition coefficient (Wildman–Crippen LogP) is 4.08. The highest BCUT2D eigenvalue weighted by molar-refractivity contribution is 6.03. The number of fused-ring (bicyclic) bond motifs is 1. The van der Waals surface area contributed by atoms with Crippen molar-refractivity contribution in [2.75, 3.05) is 19.5 Å². The number of imidazole rings is 1. The molecule has 2 heterocycles. The number of para-hydroxylation sites is 2. The molecule has 9 heteroatoms. The van der Waals surface area contributed by atoms with Crippen LogP contribution in [0.4, 0.5) is 5.95 Å². The van der Waals surface area contributed by atoms with Gasteiger partial charge in [0, 0.05) is 17.3 Å². The van der Waals surface area contributed by atoms with Crippen LogP contribution in [0.3, 0.4) is 0 Å². The number of carbonyl (C=O) groups is 1. The normalized spacial score (nSPS) is 10.8. The fourth-order valence-electron chi connectivity index (χ4n) is 3.54. The molecule has 0 aliphatic carbocycles. The van der Waals surface area contributed by atoms with Gasteiger partial charge in [-0.3, -0.25) is 19.8 Å². The van der Waals surface area contributed by atoms with Gasteiger partial charge < -0.3 is 9.47 Å². The number of ether oxygens (including phenoxy) is 2. The molecule has 0 radical (unpaired) electrons. The first-order valence-corrected chi connectivity index (χ1v) is 10.1. The maximum absolute atomic E-state index is 12.7. The van der Waals surface area contributed by atoms with Gasteiger partial charge in [-0.1, -0.05) is 12.1 Å².